The highest BCUT2D eigenvalue weighted by atomic mass is 16.6. The summed E-state index contributed by atoms with van der Waals surface area (Å²) in [5.74, 6) is 0.959. The number of nitrogens with zero attached hydrogens (tertiary/aromatic N) is 4. The molecule has 0 aliphatic heterocycles. The summed E-state index contributed by atoms with van der Waals surface area (Å²) in [6.07, 6.45) is 1.50. The molecular formula is C21H16N6O2. The molecule has 8 nitrogen and oxygen atoms in total. The van der Waals surface area contributed by atoms with Crippen LogP contribution in [0.4, 0.5) is 11.4 Å². The van der Waals surface area contributed by atoms with Crippen LogP contribution in [0.5, 0.6) is 0 Å². The molecule has 0 bridgehead atoms. The van der Waals surface area contributed by atoms with Gasteiger partial charge in [0.15, 0.2) is 11.7 Å². The van der Waals surface area contributed by atoms with Gasteiger partial charge in [-0.15, -0.1) is 0 Å². The molecule has 0 saturated heterocycles. The number of benzene rings is 3. The quantitative estimate of drug-likeness (QED) is 0.233. The number of aromatic amines is 1. The van der Waals surface area contributed by atoms with Crippen LogP contribution in [-0.2, 0) is 0 Å². The molecule has 0 amide bonds. The van der Waals surface area contributed by atoms with Gasteiger partial charge in [-0.25, -0.2) is 9.98 Å². The highest BCUT2D eigenvalue weighted by Crippen LogP contribution is 2.15. The summed E-state index contributed by atoms with van der Waals surface area (Å²) in [5, 5.41) is 15.1. The van der Waals surface area contributed by atoms with Crippen molar-refractivity contribution >= 4 is 34.5 Å². The maximum atomic E-state index is 10.9. The Balaban J connectivity index is 1.65. The number of fused-ring (bicyclic) bond motifs is 1. The Labute approximate surface area is 165 Å². The van der Waals surface area contributed by atoms with E-state index >= 15 is 0 Å². The van der Waals surface area contributed by atoms with Gasteiger partial charge < -0.3 is 4.98 Å². The van der Waals surface area contributed by atoms with Gasteiger partial charge in [0.2, 0.25) is 0 Å². The fourth-order valence-electron chi connectivity index (χ4n) is 2.71. The Hall–Kier alpha value is -4.33. The molecule has 0 saturated carbocycles. The second kappa shape index (κ2) is 8.13. The second-order valence-electron chi connectivity index (χ2n) is 6.12. The first kappa shape index (κ1) is 18.1. The summed E-state index contributed by atoms with van der Waals surface area (Å²) in [7, 11) is 0. The topological polar surface area (TPSA) is 109 Å². The van der Waals surface area contributed by atoms with Gasteiger partial charge in [-0.3, -0.25) is 15.5 Å². The first-order valence-corrected chi connectivity index (χ1v) is 8.81. The standard InChI is InChI=1S/C21H16N6O2/c28-27(29)17-10-6-7-15(13-17)14-22-26-21(23-16-8-2-1-3-9-16)20-24-18-11-4-5-12-19(18)25-20/h1-14H,(H,23,26)(H,24,25)/b22-14-. The molecule has 8 heteroatoms. The SMILES string of the molecule is O=[N+]([O-])c1cccc(/C=N\NC(=Nc2ccccc2)c2nc3ccccc3[nH]2)c1. The van der Waals surface area contributed by atoms with Crippen molar-refractivity contribution in [2.45, 2.75) is 0 Å². The van der Waals surface area contributed by atoms with Crippen LogP contribution >= 0.6 is 0 Å². The van der Waals surface area contributed by atoms with E-state index < -0.39 is 4.92 Å². The number of hydrogen-bond acceptors (Lipinski definition) is 5. The number of hydrogen-bond donors (Lipinski definition) is 2. The van der Waals surface area contributed by atoms with Gasteiger partial charge in [-0.05, 0) is 24.3 Å². The summed E-state index contributed by atoms with van der Waals surface area (Å²) in [6, 6.07) is 23.3. The van der Waals surface area contributed by atoms with Crippen LogP contribution in [0, 0.1) is 10.1 Å². The van der Waals surface area contributed by atoms with Gasteiger partial charge in [0.25, 0.3) is 5.69 Å². The molecule has 142 valence electrons. The van der Waals surface area contributed by atoms with Gasteiger partial charge >= 0.3 is 0 Å². The number of rotatable bonds is 5. The van der Waals surface area contributed by atoms with Crippen molar-refractivity contribution in [3.63, 3.8) is 0 Å². The van der Waals surface area contributed by atoms with E-state index in [4.69, 9.17) is 0 Å². The van der Waals surface area contributed by atoms with Crippen LogP contribution in [0.3, 0.4) is 0 Å². The lowest BCUT2D eigenvalue weighted by Crippen LogP contribution is -2.20. The zero-order valence-electron chi connectivity index (χ0n) is 15.2. The van der Waals surface area contributed by atoms with E-state index in [-0.39, 0.29) is 5.69 Å². The molecule has 0 fully saturated rings. The van der Waals surface area contributed by atoms with E-state index in [1.54, 1.807) is 12.1 Å². The molecular weight excluding hydrogens is 368 g/mol. The molecule has 0 unspecified atom stereocenters. The third-order valence-corrected chi connectivity index (χ3v) is 4.08. The molecule has 29 heavy (non-hydrogen) atoms. The van der Waals surface area contributed by atoms with Crippen LogP contribution in [0.25, 0.3) is 11.0 Å². The van der Waals surface area contributed by atoms with Crippen LogP contribution in [0.2, 0.25) is 0 Å². The Morgan fingerprint density at radius 3 is 2.62 bits per heavy atom. The molecule has 0 aliphatic rings. The minimum absolute atomic E-state index is 0.00408. The number of aliphatic imine (C=N–C) groups is 1. The van der Waals surface area contributed by atoms with Crippen LogP contribution in [0.1, 0.15) is 11.4 Å². The summed E-state index contributed by atoms with van der Waals surface area (Å²) in [5.41, 5.74) is 5.93. The number of nitro groups is 1. The first-order chi connectivity index (χ1) is 14.2. The Morgan fingerprint density at radius 2 is 1.83 bits per heavy atom. The van der Waals surface area contributed by atoms with Crippen LogP contribution < -0.4 is 5.43 Å². The zero-order chi connectivity index (χ0) is 20.1. The number of nitrogens with one attached hydrogen (secondary N) is 2. The fourth-order valence-corrected chi connectivity index (χ4v) is 2.71. The lowest BCUT2D eigenvalue weighted by molar-refractivity contribution is -0.384. The maximum Gasteiger partial charge on any atom is 0.270 e. The molecule has 1 heterocycles. The number of nitro benzene ring substituents is 1. The Bertz CT molecular complexity index is 1180. The Morgan fingerprint density at radius 1 is 1.03 bits per heavy atom. The fraction of sp³-hybridized carbons (Fsp3) is 0. The highest BCUT2D eigenvalue weighted by molar-refractivity contribution is 6.00. The number of H-pyrrole nitrogens is 1. The van der Waals surface area contributed by atoms with Crippen molar-refractivity contribution in [1.29, 1.82) is 0 Å². The summed E-state index contributed by atoms with van der Waals surface area (Å²) >= 11 is 0. The molecule has 0 aliphatic carbocycles. The van der Waals surface area contributed by atoms with Crippen LogP contribution in [-0.4, -0.2) is 26.9 Å². The van der Waals surface area contributed by atoms with E-state index in [2.05, 4.69) is 25.5 Å². The largest absolute Gasteiger partial charge is 0.335 e. The lowest BCUT2D eigenvalue weighted by atomic mass is 10.2. The number of para-hydroxylation sites is 3. The predicted molar refractivity (Wildman–Crippen MR) is 113 cm³/mol. The maximum absolute atomic E-state index is 10.9. The van der Waals surface area contributed by atoms with Crippen molar-refractivity contribution in [2.75, 3.05) is 0 Å². The van der Waals surface area contributed by atoms with Crippen molar-refractivity contribution in [3.8, 4) is 0 Å². The van der Waals surface area contributed by atoms with E-state index in [1.807, 2.05) is 54.6 Å². The predicted octanol–water partition coefficient (Wildman–Crippen LogP) is 4.17. The third kappa shape index (κ3) is 4.33. The van der Waals surface area contributed by atoms with Crippen molar-refractivity contribution in [2.24, 2.45) is 10.1 Å². The molecule has 4 rings (SSSR count). The number of imidazole rings is 1. The molecule has 4 aromatic rings. The van der Waals surface area contributed by atoms with E-state index in [9.17, 15) is 10.1 Å². The van der Waals surface area contributed by atoms with E-state index in [1.165, 1.54) is 18.3 Å². The van der Waals surface area contributed by atoms with Gasteiger partial charge in [0.1, 0.15) is 0 Å². The molecule has 1 aromatic heterocycles. The number of non-ortho nitro benzene ring substituents is 1. The van der Waals surface area contributed by atoms with Gasteiger partial charge in [0, 0.05) is 17.7 Å². The highest BCUT2D eigenvalue weighted by Gasteiger charge is 2.10. The smallest absolute Gasteiger partial charge is 0.270 e. The van der Waals surface area contributed by atoms with Crippen molar-refractivity contribution < 1.29 is 4.92 Å². The third-order valence-electron chi connectivity index (χ3n) is 4.08. The van der Waals surface area contributed by atoms with E-state index in [0.717, 1.165) is 16.7 Å². The summed E-state index contributed by atoms with van der Waals surface area (Å²) < 4.78 is 0. The van der Waals surface area contributed by atoms with Gasteiger partial charge in [0.05, 0.1) is 27.9 Å². The zero-order valence-corrected chi connectivity index (χ0v) is 15.2. The Kier molecular flexibility index (Phi) is 5.06. The first-order valence-electron chi connectivity index (χ1n) is 8.81. The molecule has 3 aromatic carbocycles. The van der Waals surface area contributed by atoms with Gasteiger partial charge in [-0.1, -0.05) is 42.5 Å². The minimum Gasteiger partial charge on any atom is -0.335 e. The number of hydrazone groups is 1. The minimum atomic E-state index is -0.443. The summed E-state index contributed by atoms with van der Waals surface area (Å²) in [6.45, 7) is 0. The monoisotopic (exact) mass is 384 g/mol. The summed E-state index contributed by atoms with van der Waals surface area (Å²) in [4.78, 5) is 22.9. The molecule has 2 N–H and O–H groups in total. The molecule has 0 spiro atoms. The van der Waals surface area contributed by atoms with Crippen molar-refractivity contribution in [3.05, 3.63) is 100 Å². The second-order valence-corrected chi connectivity index (χ2v) is 6.12. The van der Waals surface area contributed by atoms with Crippen LogP contribution in [0.15, 0.2) is 89.0 Å². The van der Waals surface area contributed by atoms with Gasteiger partial charge in [-0.2, -0.15) is 5.10 Å². The number of aromatic nitrogens is 2. The van der Waals surface area contributed by atoms with Crippen molar-refractivity contribution in [1.82, 2.24) is 15.4 Å². The molecule has 0 radical (unpaired) electrons. The van der Waals surface area contributed by atoms with E-state index in [0.29, 0.717) is 17.2 Å². The average molecular weight is 384 g/mol. The molecule has 0 atom stereocenters. The lowest BCUT2D eigenvalue weighted by Gasteiger charge is -2.03. The number of amidine groups is 1. The normalized spacial score (nSPS) is 11.8. The average Bonchev–Trinajstić information content (AvgIpc) is 3.18.